The fourth-order valence-electron chi connectivity index (χ4n) is 1.62. The van der Waals surface area contributed by atoms with Crippen molar-refractivity contribution in [2.24, 2.45) is 0 Å². The lowest BCUT2D eigenvalue weighted by molar-refractivity contribution is -0.384. The van der Waals surface area contributed by atoms with Gasteiger partial charge in [0.05, 0.1) is 4.92 Å². The Balaban J connectivity index is 2.27. The Morgan fingerprint density at radius 1 is 1.43 bits per heavy atom. The van der Waals surface area contributed by atoms with Gasteiger partial charge in [0, 0.05) is 22.2 Å². The van der Waals surface area contributed by atoms with E-state index in [0.717, 1.165) is 0 Å². The maximum atomic E-state index is 11.6. The molecule has 0 saturated carbocycles. The number of benzene rings is 1. The van der Waals surface area contributed by atoms with Crippen molar-refractivity contribution in [2.45, 2.75) is 0 Å². The molecule has 2 rings (SSSR count). The molecule has 6 nitrogen and oxygen atoms in total. The SMILES string of the molecule is C=CCOC(=O)c1ccc(-c2ccc([N+](=O)[O-])cc2Br)o1. The molecule has 0 saturated heterocycles. The van der Waals surface area contributed by atoms with Gasteiger partial charge < -0.3 is 9.15 Å². The van der Waals surface area contributed by atoms with Gasteiger partial charge in [-0.15, -0.1) is 0 Å². The molecular formula is C14H10BrNO5. The minimum atomic E-state index is -0.598. The van der Waals surface area contributed by atoms with E-state index in [4.69, 9.17) is 9.15 Å². The predicted molar refractivity (Wildman–Crippen MR) is 79.0 cm³/mol. The van der Waals surface area contributed by atoms with Crippen LogP contribution >= 0.6 is 15.9 Å². The Labute approximate surface area is 128 Å². The highest BCUT2D eigenvalue weighted by atomic mass is 79.9. The molecule has 1 aromatic carbocycles. The molecule has 0 bridgehead atoms. The van der Waals surface area contributed by atoms with E-state index in [1.165, 1.54) is 24.3 Å². The number of carbonyl (C=O) groups excluding carboxylic acids is 1. The van der Waals surface area contributed by atoms with E-state index in [0.29, 0.717) is 15.8 Å². The number of nitro benzene ring substituents is 1. The summed E-state index contributed by atoms with van der Waals surface area (Å²) in [7, 11) is 0. The number of rotatable bonds is 5. The molecule has 0 aliphatic carbocycles. The quantitative estimate of drug-likeness (QED) is 0.352. The second-order valence-corrected chi connectivity index (χ2v) is 4.83. The summed E-state index contributed by atoms with van der Waals surface area (Å²) >= 11 is 3.25. The Kier molecular flexibility index (Phi) is 4.54. The number of ether oxygens (including phenoxy) is 1. The molecule has 108 valence electrons. The summed E-state index contributed by atoms with van der Waals surface area (Å²) in [5.74, 6) is -0.140. The smallest absolute Gasteiger partial charge is 0.374 e. The average Bonchev–Trinajstić information content (AvgIpc) is 2.94. The topological polar surface area (TPSA) is 82.6 Å². The number of nitrogens with zero attached hydrogens (tertiary/aromatic N) is 1. The van der Waals surface area contributed by atoms with Gasteiger partial charge in [0.2, 0.25) is 5.76 Å². The minimum absolute atomic E-state index is 0.0391. The van der Waals surface area contributed by atoms with Crippen LogP contribution in [-0.4, -0.2) is 17.5 Å². The summed E-state index contributed by atoms with van der Waals surface area (Å²) in [5.41, 5.74) is 0.561. The second kappa shape index (κ2) is 6.36. The third-order valence-corrected chi connectivity index (χ3v) is 3.22. The van der Waals surface area contributed by atoms with Gasteiger partial charge in [0.25, 0.3) is 5.69 Å². The van der Waals surface area contributed by atoms with Gasteiger partial charge in [-0.05, 0) is 34.1 Å². The molecule has 1 aromatic heterocycles. The lowest BCUT2D eigenvalue weighted by Gasteiger charge is -2.01. The number of furan rings is 1. The van der Waals surface area contributed by atoms with Crippen molar-refractivity contribution in [1.29, 1.82) is 0 Å². The van der Waals surface area contributed by atoms with Crippen molar-refractivity contribution in [3.05, 3.63) is 63.3 Å². The van der Waals surface area contributed by atoms with Gasteiger partial charge in [-0.2, -0.15) is 0 Å². The highest BCUT2D eigenvalue weighted by Gasteiger charge is 2.16. The highest BCUT2D eigenvalue weighted by Crippen LogP contribution is 2.32. The lowest BCUT2D eigenvalue weighted by atomic mass is 10.1. The first-order valence-electron chi connectivity index (χ1n) is 5.85. The number of carbonyl (C=O) groups is 1. The van der Waals surface area contributed by atoms with Crippen LogP contribution in [0.2, 0.25) is 0 Å². The molecule has 1 heterocycles. The van der Waals surface area contributed by atoms with Crippen LogP contribution in [0.5, 0.6) is 0 Å². The van der Waals surface area contributed by atoms with E-state index < -0.39 is 10.9 Å². The maximum absolute atomic E-state index is 11.6. The number of hydrogen-bond donors (Lipinski definition) is 0. The molecule has 0 atom stereocenters. The Bertz CT molecular complexity index is 707. The number of nitro groups is 1. The molecule has 0 unspecified atom stereocenters. The summed E-state index contributed by atoms with van der Waals surface area (Å²) < 4.78 is 10.8. The molecule has 2 aromatic rings. The van der Waals surface area contributed by atoms with Crippen molar-refractivity contribution >= 4 is 27.6 Å². The van der Waals surface area contributed by atoms with Gasteiger partial charge in [0.1, 0.15) is 12.4 Å². The molecular weight excluding hydrogens is 342 g/mol. The van der Waals surface area contributed by atoms with Gasteiger partial charge in [-0.25, -0.2) is 4.79 Å². The fourth-order valence-corrected chi connectivity index (χ4v) is 2.18. The van der Waals surface area contributed by atoms with Crippen LogP contribution in [0.3, 0.4) is 0 Å². The fraction of sp³-hybridized carbons (Fsp3) is 0.0714. The maximum Gasteiger partial charge on any atom is 0.374 e. The number of esters is 1. The zero-order valence-corrected chi connectivity index (χ0v) is 12.3. The first-order chi connectivity index (χ1) is 10.0. The van der Waals surface area contributed by atoms with Crippen LogP contribution in [0, 0.1) is 10.1 Å². The van der Waals surface area contributed by atoms with E-state index in [1.807, 2.05) is 0 Å². The minimum Gasteiger partial charge on any atom is -0.456 e. The van der Waals surface area contributed by atoms with E-state index in [-0.39, 0.29) is 18.1 Å². The van der Waals surface area contributed by atoms with Gasteiger partial charge in [0.15, 0.2) is 0 Å². The molecule has 0 amide bonds. The summed E-state index contributed by atoms with van der Waals surface area (Å²) in [5, 5.41) is 10.7. The molecule has 7 heteroatoms. The molecule has 0 N–H and O–H groups in total. The normalized spacial score (nSPS) is 10.1. The monoisotopic (exact) mass is 351 g/mol. The zero-order valence-electron chi connectivity index (χ0n) is 10.7. The van der Waals surface area contributed by atoms with Crippen molar-refractivity contribution < 1.29 is 18.9 Å². The zero-order chi connectivity index (χ0) is 15.4. The van der Waals surface area contributed by atoms with Crippen LogP contribution in [0.1, 0.15) is 10.6 Å². The van der Waals surface area contributed by atoms with Gasteiger partial charge in [-0.1, -0.05) is 12.7 Å². The van der Waals surface area contributed by atoms with Gasteiger partial charge >= 0.3 is 5.97 Å². The Morgan fingerprint density at radius 2 is 2.19 bits per heavy atom. The van der Waals surface area contributed by atoms with E-state index in [1.54, 1.807) is 12.1 Å². The third kappa shape index (κ3) is 3.38. The molecule has 0 aliphatic heterocycles. The average molecular weight is 352 g/mol. The first-order valence-corrected chi connectivity index (χ1v) is 6.64. The summed E-state index contributed by atoms with van der Waals surface area (Å²) in [6, 6.07) is 7.34. The van der Waals surface area contributed by atoms with E-state index in [2.05, 4.69) is 22.5 Å². The molecule has 0 radical (unpaired) electrons. The van der Waals surface area contributed by atoms with Crippen molar-refractivity contribution in [3.8, 4) is 11.3 Å². The standard InChI is InChI=1S/C14H10BrNO5/c1-2-7-20-14(17)13-6-5-12(21-13)10-4-3-9(16(18)19)8-11(10)15/h2-6,8H,1,7H2. The van der Waals surface area contributed by atoms with Crippen LogP contribution in [-0.2, 0) is 4.74 Å². The third-order valence-electron chi connectivity index (χ3n) is 2.57. The van der Waals surface area contributed by atoms with E-state index in [9.17, 15) is 14.9 Å². The van der Waals surface area contributed by atoms with E-state index >= 15 is 0 Å². The van der Waals surface area contributed by atoms with Crippen molar-refractivity contribution in [1.82, 2.24) is 0 Å². The Hall–Kier alpha value is -2.41. The lowest BCUT2D eigenvalue weighted by Crippen LogP contribution is -2.03. The van der Waals surface area contributed by atoms with Crippen LogP contribution in [0.25, 0.3) is 11.3 Å². The highest BCUT2D eigenvalue weighted by molar-refractivity contribution is 9.10. The first kappa shape index (κ1) is 15.0. The molecule has 21 heavy (non-hydrogen) atoms. The Morgan fingerprint density at radius 3 is 2.81 bits per heavy atom. The summed E-state index contributed by atoms with van der Waals surface area (Å²) in [6.45, 7) is 3.54. The second-order valence-electron chi connectivity index (χ2n) is 3.97. The number of hydrogen-bond acceptors (Lipinski definition) is 5. The van der Waals surface area contributed by atoms with Gasteiger partial charge in [-0.3, -0.25) is 10.1 Å². The van der Waals surface area contributed by atoms with Crippen molar-refractivity contribution in [2.75, 3.05) is 6.61 Å². The number of halogens is 1. The van der Waals surface area contributed by atoms with Crippen LogP contribution in [0.15, 0.2) is 51.9 Å². The molecule has 0 aliphatic rings. The van der Waals surface area contributed by atoms with Crippen LogP contribution < -0.4 is 0 Å². The molecule has 0 spiro atoms. The molecule has 0 fully saturated rings. The van der Waals surface area contributed by atoms with Crippen LogP contribution in [0.4, 0.5) is 5.69 Å². The predicted octanol–water partition coefficient (Wildman–Crippen LogP) is 3.96. The number of non-ortho nitro benzene ring substituents is 1. The largest absolute Gasteiger partial charge is 0.456 e. The summed E-state index contributed by atoms with van der Waals surface area (Å²) in [4.78, 5) is 21.8. The summed E-state index contributed by atoms with van der Waals surface area (Å²) in [6.07, 6.45) is 1.45. The van der Waals surface area contributed by atoms with Crippen molar-refractivity contribution in [3.63, 3.8) is 0 Å².